The highest BCUT2D eigenvalue weighted by Crippen LogP contribution is 2.34. The average molecular weight is 492 g/mol. The molecule has 1 aromatic heterocycles. The molecular weight excluding hydrogens is 466 g/mol. The number of thioether (sulfide) groups is 1. The van der Waals surface area contributed by atoms with Crippen LogP contribution in [0.3, 0.4) is 0 Å². The number of thiazole rings is 1. The number of para-hydroxylation sites is 1. The Morgan fingerprint density at radius 3 is 2.66 bits per heavy atom. The van der Waals surface area contributed by atoms with Crippen molar-refractivity contribution in [2.75, 3.05) is 56.8 Å². The molecule has 32 heavy (non-hydrogen) atoms. The van der Waals surface area contributed by atoms with Crippen molar-refractivity contribution in [2.24, 2.45) is 0 Å². The zero-order chi connectivity index (χ0) is 22.7. The third-order valence-corrected chi connectivity index (χ3v) is 8.29. The van der Waals surface area contributed by atoms with Crippen molar-refractivity contribution in [2.45, 2.75) is 9.79 Å². The van der Waals surface area contributed by atoms with Crippen LogP contribution < -0.4 is 4.90 Å². The van der Waals surface area contributed by atoms with E-state index in [1.165, 1.54) is 29.4 Å². The smallest absolute Gasteiger partial charge is 0.261 e. The number of hydrogen-bond acceptors (Lipinski definition) is 8. The minimum absolute atomic E-state index is 0.136. The van der Waals surface area contributed by atoms with Gasteiger partial charge in [0.05, 0.1) is 28.4 Å². The fraction of sp³-hybridized carbons (Fsp3) is 0.364. The summed E-state index contributed by atoms with van der Waals surface area (Å²) in [5.41, 5.74) is 1.03. The number of ether oxygens (including phenoxy) is 1. The van der Waals surface area contributed by atoms with Gasteiger partial charge in [0.1, 0.15) is 5.52 Å². The Kier molecular flexibility index (Phi) is 7.16. The van der Waals surface area contributed by atoms with Crippen LogP contribution in [0.5, 0.6) is 0 Å². The molecule has 1 aliphatic heterocycles. The first-order chi connectivity index (χ1) is 15.4. The molecule has 3 aromatic rings. The van der Waals surface area contributed by atoms with Crippen LogP contribution >= 0.6 is 23.1 Å². The molecule has 1 aliphatic rings. The Morgan fingerprint density at radius 1 is 1.19 bits per heavy atom. The summed E-state index contributed by atoms with van der Waals surface area (Å²) in [6.45, 7) is 4.15. The van der Waals surface area contributed by atoms with Crippen molar-refractivity contribution in [3.63, 3.8) is 0 Å². The fourth-order valence-electron chi connectivity index (χ4n) is 3.64. The molecule has 0 N–H and O–H groups in total. The minimum atomic E-state index is -3.44. The van der Waals surface area contributed by atoms with Crippen LogP contribution in [0.15, 0.2) is 52.3 Å². The number of rotatable bonds is 7. The molecule has 1 fully saturated rings. The standard InChI is InChI=1S/C22H25N3O4S3/c1-30-17-7-4-3-6-16(17)21(26)25(11-10-24-12-14-29-15-13-24)22-23-20-18(31-22)8-5-9-19(20)32(2,27)28/h3-9H,10-15H2,1-2H3. The highest BCUT2D eigenvalue weighted by atomic mass is 32.2. The highest BCUT2D eigenvalue weighted by Gasteiger charge is 2.26. The molecule has 1 saturated heterocycles. The van der Waals surface area contributed by atoms with Gasteiger partial charge in [0.25, 0.3) is 5.91 Å². The lowest BCUT2D eigenvalue weighted by molar-refractivity contribution is 0.0391. The van der Waals surface area contributed by atoms with Crippen LogP contribution in [0.2, 0.25) is 0 Å². The number of carbonyl (C=O) groups excluding carboxylic acids is 1. The number of fused-ring (bicyclic) bond motifs is 1. The zero-order valence-corrected chi connectivity index (χ0v) is 20.4. The van der Waals surface area contributed by atoms with Crippen LogP contribution in [0, 0.1) is 0 Å². The zero-order valence-electron chi connectivity index (χ0n) is 18.0. The first kappa shape index (κ1) is 23.2. The number of hydrogen-bond donors (Lipinski definition) is 0. The number of amides is 1. The SMILES string of the molecule is CSc1ccccc1C(=O)N(CCN1CCOCC1)c1nc2c(S(C)(=O)=O)cccc2s1. The molecule has 1 amide bonds. The molecule has 0 bridgehead atoms. The number of carbonyl (C=O) groups is 1. The number of morpholine rings is 1. The van der Waals surface area contributed by atoms with Crippen LogP contribution in [-0.4, -0.2) is 76.1 Å². The van der Waals surface area contributed by atoms with E-state index >= 15 is 0 Å². The Morgan fingerprint density at radius 2 is 1.94 bits per heavy atom. The van der Waals surface area contributed by atoms with E-state index in [4.69, 9.17) is 4.74 Å². The van der Waals surface area contributed by atoms with E-state index in [0.29, 0.717) is 42.5 Å². The van der Waals surface area contributed by atoms with Gasteiger partial charge in [-0.3, -0.25) is 14.6 Å². The number of benzene rings is 2. The molecule has 10 heteroatoms. The lowest BCUT2D eigenvalue weighted by atomic mass is 10.2. The molecule has 0 aliphatic carbocycles. The van der Waals surface area contributed by atoms with Gasteiger partial charge in [-0.2, -0.15) is 0 Å². The Labute approximate surface area is 196 Å². The van der Waals surface area contributed by atoms with Gasteiger partial charge in [0, 0.05) is 37.3 Å². The number of nitrogens with zero attached hydrogens (tertiary/aromatic N) is 3. The molecule has 4 rings (SSSR count). The van der Waals surface area contributed by atoms with Gasteiger partial charge in [0.15, 0.2) is 15.0 Å². The van der Waals surface area contributed by atoms with Crippen LogP contribution in [0.4, 0.5) is 5.13 Å². The number of anilines is 1. The number of sulfone groups is 1. The summed E-state index contributed by atoms with van der Waals surface area (Å²) in [6.07, 6.45) is 3.12. The minimum Gasteiger partial charge on any atom is -0.379 e. The fourth-order valence-corrected chi connectivity index (χ4v) is 6.15. The molecular formula is C22H25N3O4S3. The van der Waals surface area contributed by atoms with Crippen LogP contribution in [0.25, 0.3) is 10.2 Å². The molecule has 0 spiro atoms. The molecule has 0 atom stereocenters. The second kappa shape index (κ2) is 9.88. The maximum atomic E-state index is 13.7. The summed E-state index contributed by atoms with van der Waals surface area (Å²) in [5.74, 6) is -0.136. The Hall–Kier alpha value is -1.98. The van der Waals surface area contributed by atoms with Gasteiger partial charge in [-0.15, -0.1) is 11.8 Å². The van der Waals surface area contributed by atoms with Crippen molar-refractivity contribution in [1.82, 2.24) is 9.88 Å². The molecule has 0 unspecified atom stereocenters. The quantitative estimate of drug-likeness (QED) is 0.469. The Balaban J connectivity index is 1.74. The predicted octanol–water partition coefficient (Wildman–Crippen LogP) is 3.40. The van der Waals surface area contributed by atoms with Crippen molar-refractivity contribution in [3.8, 4) is 0 Å². The van der Waals surface area contributed by atoms with Crippen molar-refractivity contribution in [1.29, 1.82) is 0 Å². The lowest BCUT2D eigenvalue weighted by Gasteiger charge is -2.29. The molecule has 7 nitrogen and oxygen atoms in total. The summed E-state index contributed by atoms with van der Waals surface area (Å²) in [6, 6.07) is 12.6. The van der Waals surface area contributed by atoms with E-state index in [1.807, 2.05) is 36.6 Å². The third-order valence-electron chi connectivity index (χ3n) is 5.33. The summed E-state index contributed by atoms with van der Waals surface area (Å²) in [4.78, 5) is 23.3. The van der Waals surface area contributed by atoms with E-state index in [9.17, 15) is 13.2 Å². The molecule has 170 valence electrons. The van der Waals surface area contributed by atoms with E-state index in [1.54, 1.807) is 17.0 Å². The van der Waals surface area contributed by atoms with Gasteiger partial charge < -0.3 is 4.74 Å². The summed E-state index contributed by atoms with van der Waals surface area (Å²) < 4.78 is 30.7. The van der Waals surface area contributed by atoms with Gasteiger partial charge in [0.2, 0.25) is 0 Å². The highest BCUT2D eigenvalue weighted by molar-refractivity contribution is 7.98. The summed E-state index contributed by atoms with van der Waals surface area (Å²) in [7, 11) is -3.44. The summed E-state index contributed by atoms with van der Waals surface area (Å²) in [5, 5.41) is 0.505. The van der Waals surface area contributed by atoms with E-state index in [2.05, 4.69) is 9.88 Å². The largest absolute Gasteiger partial charge is 0.379 e. The maximum absolute atomic E-state index is 13.7. The predicted molar refractivity (Wildman–Crippen MR) is 130 cm³/mol. The first-order valence-electron chi connectivity index (χ1n) is 10.2. The van der Waals surface area contributed by atoms with E-state index in [0.717, 1.165) is 22.7 Å². The monoisotopic (exact) mass is 491 g/mol. The van der Waals surface area contributed by atoms with Crippen molar-refractivity contribution < 1.29 is 17.9 Å². The van der Waals surface area contributed by atoms with Gasteiger partial charge in [-0.25, -0.2) is 13.4 Å². The maximum Gasteiger partial charge on any atom is 0.261 e. The first-order valence-corrected chi connectivity index (χ1v) is 14.2. The third kappa shape index (κ3) is 4.99. The van der Waals surface area contributed by atoms with Crippen molar-refractivity contribution >= 4 is 54.2 Å². The van der Waals surface area contributed by atoms with Crippen molar-refractivity contribution in [3.05, 3.63) is 48.0 Å². The molecule has 2 aromatic carbocycles. The van der Waals surface area contributed by atoms with E-state index in [-0.39, 0.29) is 10.8 Å². The lowest BCUT2D eigenvalue weighted by Crippen LogP contribution is -2.43. The van der Waals surface area contributed by atoms with Gasteiger partial charge in [-0.1, -0.05) is 29.5 Å². The molecule has 2 heterocycles. The number of aromatic nitrogens is 1. The molecule has 0 radical (unpaired) electrons. The van der Waals surface area contributed by atoms with Gasteiger partial charge in [-0.05, 0) is 30.5 Å². The van der Waals surface area contributed by atoms with Crippen LogP contribution in [-0.2, 0) is 14.6 Å². The second-order valence-corrected chi connectivity index (χ2v) is 11.3. The topological polar surface area (TPSA) is 79.8 Å². The Bertz CT molecular complexity index is 1220. The average Bonchev–Trinajstić information content (AvgIpc) is 3.23. The normalized spacial score (nSPS) is 15.2. The summed E-state index contributed by atoms with van der Waals surface area (Å²) >= 11 is 2.86. The molecule has 0 saturated carbocycles. The van der Waals surface area contributed by atoms with Crippen LogP contribution in [0.1, 0.15) is 10.4 Å². The van der Waals surface area contributed by atoms with E-state index < -0.39 is 9.84 Å². The second-order valence-electron chi connectivity index (χ2n) is 7.48. The van der Waals surface area contributed by atoms with Gasteiger partial charge >= 0.3 is 0 Å².